The molecule has 7 nitrogen and oxygen atoms in total. The second kappa shape index (κ2) is 9.30. The number of methoxy groups -OCH3 is 1. The molecule has 0 saturated carbocycles. The maximum atomic E-state index is 12.3. The van der Waals surface area contributed by atoms with E-state index in [1.807, 2.05) is 18.2 Å². The van der Waals surface area contributed by atoms with E-state index in [9.17, 15) is 4.79 Å². The van der Waals surface area contributed by atoms with Crippen molar-refractivity contribution in [2.75, 3.05) is 57.2 Å². The minimum atomic E-state index is -0.261. The molecule has 1 fully saturated rings. The molecule has 152 valence electrons. The first-order valence-corrected chi connectivity index (χ1v) is 9.55. The number of amides is 1. The van der Waals surface area contributed by atoms with E-state index in [0.29, 0.717) is 17.1 Å². The van der Waals surface area contributed by atoms with Gasteiger partial charge in [0.05, 0.1) is 18.7 Å². The number of carbonyl (C=O) groups excluding carboxylic acids is 1. The molecule has 2 aromatic rings. The molecule has 2 aromatic carbocycles. The number of hydrogen-bond acceptors (Lipinski definition) is 6. The molecule has 29 heavy (non-hydrogen) atoms. The van der Waals surface area contributed by atoms with Crippen molar-refractivity contribution in [3.63, 3.8) is 0 Å². The van der Waals surface area contributed by atoms with E-state index < -0.39 is 0 Å². The van der Waals surface area contributed by atoms with Crippen LogP contribution in [0.5, 0.6) is 11.5 Å². The van der Waals surface area contributed by atoms with Gasteiger partial charge in [0.15, 0.2) is 18.1 Å². The number of piperazine rings is 1. The Morgan fingerprint density at radius 1 is 1.14 bits per heavy atom. The number of hydrogen-bond donors (Lipinski definition) is 1. The van der Waals surface area contributed by atoms with Crippen molar-refractivity contribution >= 4 is 17.3 Å². The molecule has 1 amide bonds. The van der Waals surface area contributed by atoms with Crippen molar-refractivity contribution < 1.29 is 14.3 Å². The summed E-state index contributed by atoms with van der Waals surface area (Å²) in [6, 6.07) is 12.8. The Labute approximate surface area is 171 Å². The van der Waals surface area contributed by atoms with E-state index in [1.165, 1.54) is 12.8 Å². The average molecular weight is 394 g/mol. The van der Waals surface area contributed by atoms with Crippen molar-refractivity contribution in [2.24, 2.45) is 0 Å². The van der Waals surface area contributed by atoms with Crippen LogP contribution in [0.15, 0.2) is 36.4 Å². The standard InChI is InChI=1S/C22H26N4O3/c1-16-12-18(5-6-19(16)26-10-8-25(2)9-11-26)24-22(27)15-29-20-7-4-17(14-23)13-21(20)28-3/h4-7,12-13H,8-11,15H2,1-3H3,(H,24,27). The van der Waals surface area contributed by atoms with Crippen LogP contribution >= 0.6 is 0 Å². The van der Waals surface area contributed by atoms with Gasteiger partial charge >= 0.3 is 0 Å². The van der Waals surface area contributed by atoms with Crippen LogP contribution in [0.1, 0.15) is 11.1 Å². The average Bonchev–Trinajstić information content (AvgIpc) is 2.73. The first kappa shape index (κ1) is 20.5. The number of rotatable bonds is 6. The Morgan fingerprint density at radius 2 is 1.90 bits per heavy atom. The lowest BCUT2D eigenvalue weighted by molar-refractivity contribution is -0.118. The molecule has 0 radical (unpaired) electrons. The number of carbonyl (C=O) groups is 1. The van der Waals surface area contributed by atoms with Gasteiger partial charge in [0.25, 0.3) is 5.91 Å². The molecule has 3 rings (SSSR count). The number of nitriles is 1. The van der Waals surface area contributed by atoms with Crippen molar-refractivity contribution in [1.82, 2.24) is 4.90 Å². The molecule has 1 N–H and O–H groups in total. The highest BCUT2D eigenvalue weighted by Gasteiger charge is 2.16. The summed E-state index contributed by atoms with van der Waals surface area (Å²) in [5.74, 6) is 0.579. The molecule has 7 heteroatoms. The minimum Gasteiger partial charge on any atom is -0.493 e. The normalized spacial score (nSPS) is 14.2. The van der Waals surface area contributed by atoms with Crippen molar-refractivity contribution in [3.8, 4) is 17.6 Å². The molecule has 0 spiro atoms. The van der Waals surface area contributed by atoms with Gasteiger partial charge in [0, 0.05) is 43.6 Å². The first-order valence-electron chi connectivity index (χ1n) is 9.55. The highest BCUT2D eigenvalue weighted by molar-refractivity contribution is 5.92. The predicted octanol–water partition coefficient (Wildman–Crippen LogP) is 2.64. The Morgan fingerprint density at radius 3 is 2.55 bits per heavy atom. The van der Waals surface area contributed by atoms with Crippen LogP contribution in [0.25, 0.3) is 0 Å². The second-order valence-corrected chi connectivity index (χ2v) is 7.11. The van der Waals surface area contributed by atoms with Crippen LogP contribution in [0.2, 0.25) is 0 Å². The van der Waals surface area contributed by atoms with E-state index >= 15 is 0 Å². The number of anilines is 2. The number of benzene rings is 2. The second-order valence-electron chi connectivity index (χ2n) is 7.11. The lowest BCUT2D eigenvalue weighted by Gasteiger charge is -2.35. The number of nitrogens with zero attached hydrogens (tertiary/aromatic N) is 3. The third kappa shape index (κ3) is 5.18. The van der Waals surface area contributed by atoms with Crippen molar-refractivity contribution in [1.29, 1.82) is 5.26 Å². The van der Waals surface area contributed by atoms with Gasteiger partial charge in [-0.15, -0.1) is 0 Å². The summed E-state index contributed by atoms with van der Waals surface area (Å²) < 4.78 is 10.8. The van der Waals surface area contributed by atoms with Crippen LogP contribution in [0, 0.1) is 18.3 Å². The summed E-state index contributed by atoms with van der Waals surface area (Å²) in [7, 11) is 3.63. The van der Waals surface area contributed by atoms with Crippen LogP contribution in [-0.2, 0) is 4.79 Å². The van der Waals surface area contributed by atoms with E-state index in [-0.39, 0.29) is 12.5 Å². The summed E-state index contributed by atoms with van der Waals surface area (Å²) in [6.45, 7) is 6.01. The summed E-state index contributed by atoms with van der Waals surface area (Å²) in [6.07, 6.45) is 0. The van der Waals surface area contributed by atoms with Crippen molar-refractivity contribution in [3.05, 3.63) is 47.5 Å². The maximum Gasteiger partial charge on any atom is 0.262 e. The molecule has 0 aromatic heterocycles. The zero-order valence-corrected chi connectivity index (χ0v) is 17.1. The number of aryl methyl sites for hydroxylation is 1. The molecule has 0 unspecified atom stereocenters. The molecule has 0 bridgehead atoms. The maximum absolute atomic E-state index is 12.3. The van der Waals surface area contributed by atoms with Gasteiger partial charge in [0.1, 0.15) is 0 Å². The quantitative estimate of drug-likeness (QED) is 0.812. The molecule has 0 atom stereocenters. The molecular weight excluding hydrogens is 368 g/mol. The lowest BCUT2D eigenvalue weighted by atomic mass is 10.1. The van der Waals surface area contributed by atoms with E-state index in [1.54, 1.807) is 18.2 Å². The number of nitrogens with one attached hydrogen (secondary N) is 1. The number of likely N-dealkylation sites (N-methyl/N-ethyl adjacent to an activating group) is 1. The Balaban J connectivity index is 1.58. The molecular formula is C22H26N4O3. The fraction of sp³-hybridized carbons (Fsp3) is 0.364. The fourth-order valence-electron chi connectivity index (χ4n) is 3.33. The topological polar surface area (TPSA) is 77.8 Å². The Kier molecular flexibility index (Phi) is 6.57. The third-order valence-electron chi connectivity index (χ3n) is 4.98. The molecule has 0 aliphatic carbocycles. The van der Waals surface area contributed by atoms with Gasteiger partial charge in [-0.25, -0.2) is 0 Å². The van der Waals surface area contributed by atoms with Crippen molar-refractivity contribution in [2.45, 2.75) is 6.92 Å². The van der Waals surface area contributed by atoms with Gasteiger partial charge in [-0.05, 0) is 49.9 Å². The summed E-state index contributed by atoms with van der Waals surface area (Å²) in [5, 5.41) is 11.8. The Bertz CT molecular complexity index is 915. The highest BCUT2D eigenvalue weighted by Crippen LogP contribution is 2.28. The van der Waals surface area contributed by atoms with E-state index in [2.05, 4.69) is 35.2 Å². The van der Waals surface area contributed by atoms with Crippen LogP contribution in [0.4, 0.5) is 11.4 Å². The SMILES string of the molecule is COc1cc(C#N)ccc1OCC(=O)Nc1ccc(N2CCN(C)CC2)c(C)c1. The monoisotopic (exact) mass is 394 g/mol. The van der Waals surface area contributed by atoms with Gasteiger partial charge in [0.2, 0.25) is 0 Å². The summed E-state index contributed by atoms with van der Waals surface area (Å²) in [4.78, 5) is 17.0. The first-order chi connectivity index (χ1) is 14.0. The van der Waals surface area contributed by atoms with E-state index in [4.69, 9.17) is 14.7 Å². The minimum absolute atomic E-state index is 0.151. The smallest absolute Gasteiger partial charge is 0.262 e. The molecule has 1 aliphatic rings. The zero-order chi connectivity index (χ0) is 20.8. The van der Waals surface area contributed by atoms with Gasteiger partial charge in [-0.1, -0.05) is 0 Å². The van der Waals surface area contributed by atoms with Crippen LogP contribution < -0.4 is 19.7 Å². The zero-order valence-electron chi connectivity index (χ0n) is 17.1. The Hall–Kier alpha value is -3.24. The largest absolute Gasteiger partial charge is 0.493 e. The summed E-state index contributed by atoms with van der Waals surface area (Å²) >= 11 is 0. The third-order valence-corrected chi connectivity index (χ3v) is 4.98. The predicted molar refractivity (Wildman–Crippen MR) is 113 cm³/mol. The van der Waals surface area contributed by atoms with Crippen LogP contribution in [0.3, 0.4) is 0 Å². The molecule has 1 heterocycles. The van der Waals surface area contributed by atoms with Gasteiger partial charge < -0.3 is 24.6 Å². The summed E-state index contributed by atoms with van der Waals surface area (Å²) in [5.41, 5.74) is 3.53. The lowest BCUT2D eigenvalue weighted by Crippen LogP contribution is -2.44. The number of ether oxygens (including phenoxy) is 2. The molecule has 1 saturated heterocycles. The fourth-order valence-corrected chi connectivity index (χ4v) is 3.33. The van der Waals surface area contributed by atoms with E-state index in [0.717, 1.165) is 37.4 Å². The van der Waals surface area contributed by atoms with Gasteiger partial charge in [-0.2, -0.15) is 5.26 Å². The highest BCUT2D eigenvalue weighted by atomic mass is 16.5. The van der Waals surface area contributed by atoms with Gasteiger partial charge in [-0.3, -0.25) is 4.79 Å². The molecule has 1 aliphatic heterocycles. The van der Waals surface area contributed by atoms with Crippen LogP contribution in [-0.4, -0.2) is 57.8 Å².